The SMILES string of the molecule is CCOc1ccc(C(C)NCc2ncc[nH]2)cc1. The van der Waals surface area contributed by atoms with Crippen molar-refractivity contribution in [2.45, 2.75) is 26.4 Å². The van der Waals surface area contributed by atoms with Gasteiger partial charge in [0.05, 0.1) is 13.2 Å². The molecule has 0 aliphatic carbocycles. The lowest BCUT2D eigenvalue weighted by Crippen LogP contribution is -2.18. The molecule has 0 aliphatic heterocycles. The first-order valence-electron chi connectivity index (χ1n) is 6.24. The molecule has 2 N–H and O–H groups in total. The number of aromatic nitrogens is 2. The number of nitrogens with one attached hydrogen (secondary N) is 2. The maximum Gasteiger partial charge on any atom is 0.120 e. The van der Waals surface area contributed by atoms with Crippen molar-refractivity contribution in [3.05, 3.63) is 48.0 Å². The van der Waals surface area contributed by atoms with Crippen LogP contribution in [-0.4, -0.2) is 16.6 Å². The summed E-state index contributed by atoms with van der Waals surface area (Å²) in [6.07, 6.45) is 3.59. The maximum atomic E-state index is 5.42. The fraction of sp³-hybridized carbons (Fsp3) is 0.357. The Bertz CT molecular complexity index is 450. The van der Waals surface area contributed by atoms with E-state index >= 15 is 0 Å². The molecule has 0 radical (unpaired) electrons. The van der Waals surface area contributed by atoms with Crippen molar-refractivity contribution in [1.29, 1.82) is 0 Å². The molecule has 0 saturated carbocycles. The van der Waals surface area contributed by atoms with Gasteiger partial charge in [-0.3, -0.25) is 0 Å². The van der Waals surface area contributed by atoms with Crippen molar-refractivity contribution >= 4 is 0 Å². The molecule has 4 nitrogen and oxygen atoms in total. The van der Waals surface area contributed by atoms with E-state index in [0.717, 1.165) is 18.1 Å². The summed E-state index contributed by atoms with van der Waals surface area (Å²) in [6.45, 7) is 5.56. The van der Waals surface area contributed by atoms with Gasteiger partial charge in [-0.15, -0.1) is 0 Å². The first-order valence-corrected chi connectivity index (χ1v) is 6.24. The summed E-state index contributed by atoms with van der Waals surface area (Å²) in [7, 11) is 0. The minimum atomic E-state index is 0.283. The number of rotatable bonds is 6. The van der Waals surface area contributed by atoms with E-state index in [1.807, 2.05) is 25.3 Å². The van der Waals surface area contributed by atoms with Gasteiger partial charge >= 0.3 is 0 Å². The highest BCUT2D eigenvalue weighted by Gasteiger charge is 2.05. The number of hydrogen-bond donors (Lipinski definition) is 2. The predicted octanol–water partition coefficient (Wildman–Crippen LogP) is 2.66. The molecule has 1 unspecified atom stereocenters. The topological polar surface area (TPSA) is 49.9 Å². The van der Waals surface area contributed by atoms with E-state index in [1.165, 1.54) is 5.56 Å². The number of aromatic amines is 1. The van der Waals surface area contributed by atoms with Gasteiger partial charge in [-0.1, -0.05) is 12.1 Å². The van der Waals surface area contributed by atoms with Gasteiger partial charge in [0.25, 0.3) is 0 Å². The van der Waals surface area contributed by atoms with E-state index in [1.54, 1.807) is 6.20 Å². The van der Waals surface area contributed by atoms with Crippen molar-refractivity contribution < 1.29 is 4.74 Å². The zero-order chi connectivity index (χ0) is 12.8. The first-order chi connectivity index (χ1) is 8.79. The second kappa shape index (κ2) is 6.21. The van der Waals surface area contributed by atoms with Crippen molar-refractivity contribution in [3.8, 4) is 5.75 Å². The van der Waals surface area contributed by atoms with Crippen molar-refractivity contribution in [3.63, 3.8) is 0 Å². The van der Waals surface area contributed by atoms with Gasteiger partial charge < -0.3 is 15.0 Å². The Morgan fingerprint density at radius 2 is 2.11 bits per heavy atom. The van der Waals surface area contributed by atoms with Gasteiger partial charge in [-0.2, -0.15) is 0 Å². The number of ether oxygens (including phenoxy) is 1. The fourth-order valence-electron chi connectivity index (χ4n) is 1.78. The van der Waals surface area contributed by atoms with E-state index in [9.17, 15) is 0 Å². The molecule has 1 heterocycles. The molecule has 0 bridgehead atoms. The van der Waals surface area contributed by atoms with Crippen molar-refractivity contribution in [2.75, 3.05) is 6.61 Å². The third kappa shape index (κ3) is 3.34. The van der Waals surface area contributed by atoms with Crippen LogP contribution in [0, 0.1) is 0 Å². The summed E-state index contributed by atoms with van der Waals surface area (Å²) in [5, 5.41) is 3.42. The molecule has 0 fully saturated rings. The lowest BCUT2D eigenvalue weighted by molar-refractivity contribution is 0.340. The molecule has 0 amide bonds. The molecular formula is C14H19N3O. The molecule has 96 valence electrons. The van der Waals surface area contributed by atoms with Gasteiger partial charge in [-0.25, -0.2) is 4.98 Å². The lowest BCUT2D eigenvalue weighted by Gasteiger charge is -2.14. The monoisotopic (exact) mass is 245 g/mol. The Labute approximate surface area is 107 Å². The second-order valence-electron chi connectivity index (χ2n) is 4.14. The van der Waals surface area contributed by atoms with Crippen LogP contribution in [-0.2, 0) is 6.54 Å². The van der Waals surface area contributed by atoms with Gasteiger partial charge in [0.1, 0.15) is 11.6 Å². The Hall–Kier alpha value is -1.81. The number of benzene rings is 1. The number of H-pyrrole nitrogens is 1. The molecule has 0 saturated heterocycles. The van der Waals surface area contributed by atoms with Crippen molar-refractivity contribution in [1.82, 2.24) is 15.3 Å². The molecule has 18 heavy (non-hydrogen) atoms. The van der Waals surface area contributed by atoms with Gasteiger partial charge in [0.2, 0.25) is 0 Å². The van der Waals surface area contributed by atoms with Crippen LogP contribution in [0.15, 0.2) is 36.7 Å². The first kappa shape index (κ1) is 12.6. The minimum Gasteiger partial charge on any atom is -0.494 e. The molecule has 4 heteroatoms. The molecular weight excluding hydrogens is 226 g/mol. The minimum absolute atomic E-state index is 0.283. The highest BCUT2D eigenvalue weighted by Crippen LogP contribution is 2.17. The van der Waals surface area contributed by atoms with Gasteiger partial charge in [-0.05, 0) is 31.5 Å². The van der Waals surface area contributed by atoms with Crippen LogP contribution in [0.25, 0.3) is 0 Å². The fourth-order valence-corrected chi connectivity index (χ4v) is 1.78. The zero-order valence-corrected chi connectivity index (χ0v) is 10.8. The van der Waals surface area contributed by atoms with E-state index in [-0.39, 0.29) is 6.04 Å². The third-order valence-corrected chi connectivity index (χ3v) is 2.82. The Morgan fingerprint density at radius 1 is 1.33 bits per heavy atom. The number of hydrogen-bond acceptors (Lipinski definition) is 3. The molecule has 1 atom stereocenters. The molecule has 1 aromatic carbocycles. The van der Waals surface area contributed by atoms with Crippen LogP contribution in [0.5, 0.6) is 5.75 Å². The lowest BCUT2D eigenvalue weighted by atomic mass is 10.1. The largest absolute Gasteiger partial charge is 0.494 e. The van der Waals surface area contributed by atoms with Crippen LogP contribution in [0.1, 0.15) is 31.3 Å². The summed E-state index contributed by atoms with van der Waals surface area (Å²) in [5.41, 5.74) is 1.24. The van der Waals surface area contributed by atoms with E-state index in [2.05, 4.69) is 34.3 Å². The maximum absolute atomic E-state index is 5.42. The van der Waals surface area contributed by atoms with Crippen LogP contribution < -0.4 is 10.1 Å². The standard InChI is InChI=1S/C14H19N3O/c1-3-18-13-6-4-12(5-7-13)11(2)17-10-14-15-8-9-16-14/h4-9,11,17H,3,10H2,1-2H3,(H,15,16). The summed E-state index contributed by atoms with van der Waals surface area (Å²) < 4.78 is 5.42. The molecule has 2 aromatic rings. The quantitative estimate of drug-likeness (QED) is 0.822. The second-order valence-corrected chi connectivity index (χ2v) is 4.14. The highest BCUT2D eigenvalue weighted by molar-refractivity contribution is 5.28. The Balaban J connectivity index is 1.89. The van der Waals surface area contributed by atoms with Crippen LogP contribution in [0.4, 0.5) is 0 Å². The predicted molar refractivity (Wildman–Crippen MR) is 71.5 cm³/mol. The van der Waals surface area contributed by atoms with E-state index in [0.29, 0.717) is 6.61 Å². The van der Waals surface area contributed by atoms with E-state index < -0.39 is 0 Å². The van der Waals surface area contributed by atoms with Crippen molar-refractivity contribution in [2.24, 2.45) is 0 Å². The average Bonchev–Trinajstić information content (AvgIpc) is 2.90. The molecule has 2 rings (SSSR count). The Kier molecular flexibility index (Phi) is 4.36. The molecule has 1 aromatic heterocycles. The summed E-state index contributed by atoms with van der Waals surface area (Å²) >= 11 is 0. The van der Waals surface area contributed by atoms with Gasteiger partial charge in [0.15, 0.2) is 0 Å². The number of imidazole rings is 1. The highest BCUT2D eigenvalue weighted by atomic mass is 16.5. The zero-order valence-electron chi connectivity index (χ0n) is 10.8. The van der Waals surface area contributed by atoms with Crippen LogP contribution >= 0.6 is 0 Å². The van der Waals surface area contributed by atoms with Gasteiger partial charge in [0, 0.05) is 18.4 Å². The Morgan fingerprint density at radius 3 is 2.72 bits per heavy atom. The third-order valence-electron chi connectivity index (χ3n) is 2.82. The molecule has 0 spiro atoms. The summed E-state index contributed by atoms with van der Waals surface area (Å²) in [5.74, 6) is 1.87. The molecule has 0 aliphatic rings. The normalized spacial score (nSPS) is 12.3. The summed E-state index contributed by atoms with van der Waals surface area (Å²) in [4.78, 5) is 7.26. The number of nitrogens with zero attached hydrogens (tertiary/aromatic N) is 1. The van der Waals surface area contributed by atoms with Crippen LogP contribution in [0.2, 0.25) is 0 Å². The van der Waals surface area contributed by atoms with E-state index in [4.69, 9.17) is 4.74 Å². The summed E-state index contributed by atoms with van der Waals surface area (Å²) in [6, 6.07) is 8.47. The average molecular weight is 245 g/mol. The van der Waals surface area contributed by atoms with Crippen LogP contribution in [0.3, 0.4) is 0 Å². The smallest absolute Gasteiger partial charge is 0.120 e.